The van der Waals surface area contributed by atoms with Crippen molar-refractivity contribution in [1.29, 1.82) is 0 Å². The van der Waals surface area contributed by atoms with Crippen LogP contribution in [-0.4, -0.2) is 64.4 Å². The molecule has 0 bridgehead atoms. The number of rotatable bonds is 6. The highest BCUT2D eigenvalue weighted by Crippen LogP contribution is 2.59. The molecule has 1 saturated carbocycles. The molecule has 47 heavy (non-hydrogen) atoms. The zero-order chi connectivity index (χ0) is 33.1. The summed E-state index contributed by atoms with van der Waals surface area (Å²) in [6.45, 7) is 8.91. The normalized spacial score (nSPS) is 22.2. The third-order valence-corrected chi connectivity index (χ3v) is 11.4. The van der Waals surface area contributed by atoms with Crippen LogP contribution >= 0.6 is 23.1 Å². The van der Waals surface area contributed by atoms with Crippen LogP contribution in [0.5, 0.6) is 11.5 Å². The maximum Gasteiger partial charge on any atom is 0.410 e. The number of thiophene rings is 1. The van der Waals surface area contributed by atoms with Crippen molar-refractivity contribution in [2.24, 2.45) is 5.41 Å². The third-order valence-electron chi connectivity index (χ3n) is 9.14. The van der Waals surface area contributed by atoms with Gasteiger partial charge < -0.3 is 29.9 Å². The standard InChI is InChI=1S/C35H38N4O6S2/c1-34(2,3)45-33(43)38-12-11-20-13-22(46-28(20)19-38)17-36-32(42)23-15-35(4)16-29(35)39(23)30(40)18-37-31(41)21-9-10-27-25(14-21)44-24-7-5-6-8-26(24)47-27/h5-10,13-14,23,29H,11-12,15-19H2,1-4H3,(H,36,42)(H,37,41)/t23-,29-,35+/m0/s1. The second kappa shape index (κ2) is 11.9. The predicted octanol–water partition coefficient (Wildman–Crippen LogP) is 5.72. The number of carbonyl (C=O) groups is 4. The molecule has 1 aromatic heterocycles. The second-order valence-electron chi connectivity index (χ2n) is 13.9. The van der Waals surface area contributed by atoms with E-state index in [-0.39, 0.29) is 41.8 Å². The van der Waals surface area contributed by atoms with Crippen molar-refractivity contribution >= 4 is 46.9 Å². The second-order valence-corrected chi connectivity index (χ2v) is 16.2. The van der Waals surface area contributed by atoms with Gasteiger partial charge in [0.2, 0.25) is 11.8 Å². The highest BCUT2D eigenvalue weighted by atomic mass is 32.2. The van der Waals surface area contributed by atoms with Crippen LogP contribution in [-0.2, 0) is 33.8 Å². The molecule has 4 aliphatic rings. The van der Waals surface area contributed by atoms with E-state index >= 15 is 0 Å². The largest absolute Gasteiger partial charge is 0.455 e. The Morgan fingerprint density at radius 3 is 2.62 bits per heavy atom. The molecule has 3 aromatic rings. The van der Waals surface area contributed by atoms with Crippen LogP contribution in [0.2, 0.25) is 0 Å². The fourth-order valence-electron chi connectivity index (χ4n) is 6.62. The Labute approximate surface area is 282 Å². The molecular weight excluding hydrogens is 637 g/mol. The number of amides is 4. The molecule has 1 aliphatic carbocycles. The minimum Gasteiger partial charge on any atom is -0.455 e. The number of para-hydroxylation sites is 1. The van der Waals surface area contributed by atoms with Gasteiger partial charge in [-0.15, -0.1) is 11.3 Å². The molecule has 3 aliphatic heterocycles. The van der Waals surface area contributed by atoms with Gasteiger partial charge in [-0.05, 0) is 87.4 Å². The van der Waals surface area contributed by atoms with Crippen molar-refractivity contribution in [2.75, 3.05) is 13.1 Å². The number of piperidine rings is 1. The lowest BCUT2D eigenvalue weighted by atomic mass is 10.0. The quantitative estimate of drug-likeness (QED) is 0.269. The van der Waals surface area contributed by atoms with Gasteiger partial charge in [0.05, 0.1) is 29.4 Å². The van der Waals surface area contributed by atoms with Gasteiger partial charge in [0.15, 0.2) is 0 Å². The Balaban J connectivity index is 0.943. The fourth-order valence-corrected chi connectivity index (χ4v) is 8.73. The summed E-state index contributed by atoms with van der Waals surface area (Å²) in [4.78, 5) is 60.0. The Morgan fingerprint density at radius 2 is 1.81 bits per heavy atom. The maximum atomic E-state index is 13.5. The SMILES string of the molecule is CC(C)(C)OC(=O)N1CCc2cc(CNC(=O)[C@@H]3C[C@]4(C)C[C@@H]4N3C(=O)CNC(=O)c3ccc4c(c3)Oc3ccccc3S4)sc2C1. The summed E-state index contributed by atoms with van der Waals surface area (Å²) < 4.78 is 11.6. The monoisotopic (exact) mass is 674 g/mol. The molecule has 0 unspecified atom stereocenters. The van der Waals surface area contributed by atoms with Gasteiger partial charge in [0.1, 0.15) is 23.1 Å². The van der Waals surface area contributed by atoms with E-state index in [1.54, 1.807) is 45.0 Å². The van der Waals surface area contributed by atoms with E-state index in [0.717, 1.165) is 38.1 Å². The number of ether oxygens (including phenoxy) is 2. The number of nitrogens with zero attached hydrogens (tertiary/aromatic N) is 2. The van der Waals surface area contributed by atoms with E-state index < -0.39 is 11.6 Å². The molecule has 0 radical (unpaired) electrons. The number of hydrogen-bond donors (Lipinski definition) is 2. The molecule has 0 spiro atoms. The van der Waals surface area contributed by atoms with Crippen LogP contribution < -0.4 is 15.4 Å². The van der Waals surface area contributed by atoms with Crippen LogP contribution in [0.3, 0.4) is 0 Å². The molecule has 2 fully saturated rings. The summed E-state index contributed by atoms with van der Waals surface area (Å²) in [7, 11) is 0. The van der Waals surface area contributed by atoms with Crippen molar-refractivity contribution in [1.82, 2.24) is 20.4 Å². The van der Waals surface area contributed by atoms with Gasteiger partial charge in [-0.3, -0.25) is 14.4 Å². The molecule has 2 aromatic carbocycles. The summed E-state index contributed by atoms with van der Waals surface area (Å²) in [6.07, 6.45) is 1.86. The lowest BCUT2D eigenvalue weighted by Gasteiger charge is -2.29. The Hall–Kier alpha value is -4.03. The number of benzene rings is 2. The van der Waals surface area contributed by atoms with E-state index in [0.29, 0.717) is 37.4 Å². The first-order valence-corrected chi connectivity index (χ1v) is 17.5. The van der Waals surface area contributed by atoms with E-state index in [2.05, 4.69) is 23.6 Å². The molecular formula is C35H38N4O6S2. The smallest absolute Gasteiger partial charge is 0.410 e. The summed E-state index contributed by atoms with van der Waals surface area (Å²) >= 11 is 3.17. The summed E-state index contributed by atoms with van der Waals surface area (Å²) in [6, 6.07) is 14.5. The lowest BCUT2D eigenvalue weighted by Crippen LogP contribution is -2.50. The number of likely N-dealkylation sites (tertiary alicyclic amines) is 1. The van der Waals surface area contributed by atoms with Crippen molar-refractivity contribution in [3.05, 3.63) is 69.4 Å². The average molecular weight is 675 g/mol. The van der Waals surface area contributed by atoms with Crippen molar-refractivity contribution < 1.29 is 28.7 Å². The Kier molecular flexibility index (Phi) is 7.99. The van der Waals surface area contributed by atoms with Gasteiger partial charge in [-0.25, -0.2) is 4.79 Å². The van der Waals surface area contributed by atoms with Crippen molar-refractivity contribution in [3.63, 3.8) is 0 Å². The maximum absolute atomic E-state index is 13.5. The van der Waals surface area contributed by atoms with Crippen LogP contribution in [0.4, 0.5) is 4.79 Å². The zero-order valence-corrected chi connectivity index (χ0v) is 28.5. The van der Waals surface area contributed by atoms with Gasteiger partial charge in [-0.1, -0.05) is 30.8 Å². The van der Waals surface area contributed by atoms with E-state index in [1.165, 1.54) is 5.56 Å². The highest BCUT2D eigenvalue weighted by Gasteiger charge is 2.64. The number of fused-ring (bicyclic) bond motifs is 4. The predicted molar refractivity (Wildman–Crippen MR) is 178 cm³/mol. The Morgan fingerprint density at radius 1 is 1.02 bits per heavy atom. The first kappa shape index (κ1) is 31.6. The number of nitrogens with one attached hydrogen (secondary N) is 2. The molecule has 3 atom stereocenters. The van der Waals surface area contributed by atoms with Gasteiger partial charge in [-0.2, -0.15) is 0 Å². The van der Waals surface area contributed by atoms with Crippen LogP contribution in [0.1, 0.15) is 66.2 Å². The highest BCUT2D eigenvalue weighted by molar-refractivity contribution is 7.99. The molecule has 246 valence electrons. The van der Waals surface area contributed by atoms with Gasteiger partial charge >= 0.3 is 6.09 Å². The molecule has 4 amide bonds. The third kappa shape index (κ3) is 6.45. The summed E-state index contributed by atoms with van der Waals surface area (Å²) in [5.41, 5.74) is 0.954. The van der Waals surface area contributed by atoms with E-state index in [9.17, 15) is 19.2 Å². The zero-order valence-electron chi connectivity index (χ0n) is 26.9. The molecule has 4 heterocycles. The Bertz CT molecular complexity index is 1780. The number of carbonyl (C=O) groups excluding carboxylic acids is 4. The molecule has 10 nitrogen and oxygen atoms in total. The lowest BCUT2D eigenvalue weighted by molar-refractivity contribution is -0.139. The van der Waals surface area contributed by atoms with Crippen molar-refractivity contribution in [2.45, 2.75) is 87.5 Å². The van der Waals surface area contributed by atoms with Crippen LogP contribution in [0.25, 0.3) is 0 Å². The van der Waals surface area contributed by atoms with Gasteiger partial charge in [0, 0.05) is 27.9 Å². The van der Waals surface area contributed by atoms with E-state index in [1.807, 2.05) is 51.1 Å². The molecule has 7 rings (SSSR count). The van der Waals surface area contributed by atoms with Gasteiger partial charge in [0.25, 0.3) is 5.91 Å². The average Bonchev–Trinajstić information content (AvgIpc) is 3.36. The minimum absolute atomic E-state index is 0.00946. The molecule has 1 saturated heterocycles. The first-order valence-electron chi connectivity index (χ1n) is 15.9. The topological polar surface area (TPSA) is 117 Å². The van der Waals surface area contributed by atoms with E-state index in [4.69, 9.17) is 9.47 Å². The van der Waals surface area contributed by atoms with Crippen LogP contribution in [0, 0.1) is 5.41 Å². The van der Waals surface area contributed by atoms with Crippen LogP contribution in [0.15, 0.2) is 58.3 Å². The number of hydrogen-bond acceptors (Lipinski definition) is 8. The molecule has 2 N–H and O–H groups in total. The first-order chi connectivity index (χ1) is 22.4. The minimum atomic E-state index is -0.588. The summed E-state index contributed by atoms with van der Waals surface area (Å²) in [5.74, 6) is 0.512. The van der Waals surface area contributed by atoms with Crippen molar-refractivity contribution in [3.8, 4) is 11.5 Å². The molecule has 12 heteroatoms. The fraction of sp³-hybridized carbons (Fsp3) is 0.429. The summed E-state index contributed by atoms with van der Waals surface area (Å²) in [5, 5.41) is 5.82.